The molecule has 5 rings (SSSR count). The quantitative estimate of drug-likeness (QED) is 0.591. The van der Waals surface area contributed by atoms with Crippen LogP contribution in [0.5, 0.6) is 0 Å². The van der Waals surface area contributed by atoms with E-state index in [4.69, 9.17) is 4.74 Å². The Bertz CT molecular complexity index is 1210. The number of fused-ring (bicyclic) bond motifs is 2. The van der Waals surface area contributed by atoms with Crippen LogP contribution in [0.2, 0.25) is 0 Å². The number of hydrogen-bond acceptors (Lipinski definition) is 4. The van der Waals surface area contributed by atoms with Crippen molar-refractivity contribution in [2.75, 3.05) is 26.8 Å². The van der Waals surface area contributed by atoms with Crippen LogP contribution in [0.25, 0.3) is 5.69 Å². The van der Waals surface area contributed by atoms with Crippen LogP contribution < -0.4 is 0 Å². The Morgan fingerprint density at radius 2 is 1.91 bits per heavy atom. The Balaban J connectivity index is 1.48. The number of nitrogens with zero attached hydrogens (tertiary/aromatic N) is 3. The lowest BCUT2D eigenvalue weighted by atomic mass is 9.63. The number of hydrogen-bond donors (Lipinski definition) is 0. The van der Waals surface area contributed by atoms with Gasteiger partial charge < -0.3 is 4.74 Å². The van der Waals surface area contributed by atoms with Crippen LogP contribution in [0.15, 0.2) is 65.7 Å². The SMILES string of the molecule is COCC12Cc3cnn(-c4ccc(F)cc4)c3C[C@@H]1CCN(S(=O)(=O)c1ccccc1)C2. The third-order valence-electron chi connectivity index (χ3n) is 6.91. The Hall–Kier alpha value is -2.55. The van der Waals surface area contributed by atoms with Crippen molar-refractivity contribution in [2.24, 2.45) is 11.3 Å². The van der Waals surface area contributed by atoms with Gasteiger partial charge in [-0.3, -0.25) is 0 Å². The van der Waals surface area contributed by atoms with Gasteiger partial charge in [-0.25, -0.2) is 17.5 Å². The lowest BCUT2D eigenvalue weighted by Gasteiger charge is -2.50. The normalized spacial score (nSPS) is 23.5. The summed E-state index contributed by atoms with van der Waals surface area (Å²) < 4.78 is 49.1. The molecule has 32 heavy (non-hydrogen) atoms. The van der Waals surface area contributed by atoms with Crippen molar-refractivity contribution in [3.8, 4) is 5.69 Å². The molecule has 0 radical (unpaired) electrons. The second kappa shape index (κ2) is 8.10. The van der Waals surface area contributed by atoms with Crippen LogP contribution in [0, 0.1) is 17.2 Å². The fourth-order valence-electron chi connectivity index (χ4n) is 5.32. The molecule has 3 aromatic rings. The smallest absolute Gasteiger partial charge is 0.243 e. The molecule has 0 saturated carbocycles. The number of methoxy groups -OCH3 is 1. The minimum Gasteiger partial charge on any atom is -0.384 e. The lowest BCUT2D eigenvalue weighted by Crippen LogP contribution is -2.56. The molecule has 1 aliphatic carbocycles. The fraction of sp³-hybridized carbons (Fsp3) is 0.375. The van der Waals surface area contributed by atoms with E-state index < -0.39 is 10.0 Å². The van der Waals surface area contributed by atoms with Crippen molar-refractivity contribution < 1.29 is 17.5 Å². The summed E-state index contributed by atoms with van der Waals surface area (Å²) in [5.74, 6) is -0.00560. The summed E-state index contributed by atoms with van der Waals surface area (Å²) in [7, 11) is -1.89. The van der Waals surface area contributed by atoms with Gasteiger partial charge in [0.05, 0.1) is 23.4 Å². The number of piperidine rings is 1. The van der Waals surface area contributed by atoms with E-state index in [2.05, 4.69) is 5.10 Å². The molecule has 0 spiro atoms. The summed E-state index contributed by atoms with van der Waals surface area (Å²) in [4.78, 5) is 0.326. The van der Waals surface area contributed by atoms with Crippen LogP contribution in [0.3, 0.4) is 0 Å². The van der Waals surface area contributed by atoms with Gasteiger partial charge in [-0.05, 0) is 67.1 Å². The van der Waals surface area contributed by atoms with Gasteiger partial charge in [0.2, 0.25) is 10.0 Å². The third-order valence-corrected chi connectivity index (χ3v) is 8.77. The molecule has 2 aliphatic rings. The maximum Gasteiger partial charge on any atom is 0.243 e. The number of rotatable bonds is 5. The molecular formula is C24H26FN3O3S. The van der Waals surface area contributed by atoms with E-state index in [1.54, 1.807) is 47.8 Å². The van der Waals surface area contributed by atoms with Gasteiger partial charge >= 0.3 is 0 Å². The van der Waals surface area contributed by atoms with E-state index in [1.807, 2.05) is 16.9 Å². The molecule has 0 N–H and O–H groups in total. The largest absolute Gasteiger partial charge is 0.384 e. The van der Waals surface area contributed by atoms with Crippen LogP contribution in [-0.2, 0) is 27.6 Å². The maximum atomic E-state index is 13.4. The summed E-state index contributed by atoms with van der Waals surface area (Å²) in [5, 5.41) is 4.58. The minimum atomic E-state index is -3.57. The van der Waals surface area contributed by atoms with Gasteiger partial charge in [-0.15, -0.1) is 0 Å². The first-order chi connectivity index (χ1) is 15.4. The molecule has 1 unspecified atom stereocenters. The average Bonchev–Trinajstić information content (AvgIpc) is 3.20. The molecule has 2 heterocycles. The number of ether oxygens (including phenoxy) is 1. The monoisotopic (exact) mass is 455 g/mol. The van der Waals surface area contributed by atoms with E-state index in [9.17, 15) is 12.8 Å². The first-order valence-corrected chi connectivity index (χ1v) is 12.2. The zero-order chi connectivity index (χ0) is 22.3. The highest BCUT2D eigenvalue weighted by Crippen LogP contribution is 2.46. The zero-order valence-corrected chi connectivity index (χ0v) is 18.8. The topological polar surface area (TPSA) is 64.4 Å². The second-order valence-corrected chi connectivity index (χ2v) is 10.8. The van der Waals surface area contributed by atoms with E-state index in [0.29, 0.717) is 31.0 Å². The van der Waals surface area contributed by atoms with Crippen molar-refractivity contribution in [1.29, 1.82) is 0 Å². The van der Waals surface area contributed by atoms with Gasteiger partial charge in [0.25, 0.3) is 0 Å². The molecule has 168 valence electrons. The van der Waals surface area contributed by atoms with Crippen molar-refractivity contribution in [2.45, 2.75) is 24.2 Å². The molecule has 8 heteroatoms. The van der Waals surface area contributed by atoms with E-state index in [-0.39, 0.29) is 17.2 Å². The number of benzene rings is 2. The Morgan fingerprint density at radius 1 is 1.16 bits per heavy atom. The summed E-state index contributed by atoms with van der Waals surface area (Å²) in [5.41, 5.74) is 2.74. The van der Waals surface area contributed by atoms with Crippen LogP contribution in [0.4, 0.5) is 4.39 Å². The highest BCUT2D eigenvalue weighted by molar-refractivity contribution is 7.89. The molecule has 6 nitrogen and oxygen atoms in total. The van der Waals surface area contributed by atoms with Gasteiger partial charge in [0.15, 0.2) is 0 Å². The lowest BCUT2D eigenvalue weighted by molar-refractivity contribution is -0.0172. The van der Waals surface area contributed by atoms with E-state index in [0.717, 1.165) is 29.8 Å². The fourth-order valence-corrected chi connectivity index (χ4v) is 6.90. The molecule has 2 aromatic carbocycles. The standard InChI is InChI=1S/C24H26FN3O3S/c1-31-17-24-14-18-15-26-28(21-9-7-20(25)8-10-21)23(18)13-19(24)11-12-27(16-24)32(29,30)22-5-3-2-4-6-22/h2-10,15,19H,11-14,16-17H2,1H3/t19-,24?/m0/s1. The highest BCUT2D eigenvalue weighted by Gasteiger charge is 2.49. The zero-order valence-electron chi connectivity index (χ0n) is 17.9. The molecule has 0 amide bonds. The predicted octanol–water partition coefficient (Wildman–Crippen LogP) is 3.45. The molecule has 1 aliphatic heterocycles. The predicted molar refractivity (Wildman–Crippen MR) is 119 cm³/mol. The number of aromatic nitrogens is 2. The van der Waals surface area contributed by atoms with E-state index in [1.165, 1.54) is 12.1 Å². The highest BCUT2D eigenvalue weighted by atomic mass is 32.2. The summed E-state index contributed by atoms with van der Waals surface area (Å²) >= 11 is 0. The molecular weight excluding hydrogens is 429 g/mol. The van der Waals surface area contributed by atoms with Gasteiger partial charge in [0, 0.05) is 31.3 Å². The minimum absolute atomic E-state index is 0.271. The Kier molecular flexibility index (Phi) is 5.39. The van der Waals surface area contributed by atoms with E-state index >= 15 is 0 Å². The van der Waals surface area contributed by atoms with Gasteiger partial charge in [0.1, 0.15) is 5.82 Å². The summed E-state index contributed by atoms with van der Waals surface area (Å²) in [6.45, 7) is 1.39. The molecule has 0 bridgehead atoms. The average molecular weight is 456 g/mol. The summed E-state index contributed by atoms with van der Waals surface area (Å²) in [6.07, 6.45) is 4.10. The first-order valence-electron chi connectivity index (χ1n) is 10.8. The Labute approximate surface area is 187 Å². The maximum absolute atomic E-state index is 13.4. The van der Waals surface area contributed by atoms with Gasteiger partial charge in [-0.2, -0.15) is 9.40 Å². The number of sulfonamides is 1. The molecule has 2 atom stereocenters. The van der Waals surface area contributed by atoms with Crippen molar-refractivity contribution in [3.05, 3.63) is 77.9 Å². The first kappa shape index (κ1) is 21.3. The second-order valence-electron chi connectivity index (χ2n) is 8.82. The molecule has 1 fully saturated rings. The molecule has 1 aromatic heterocycles. The van der Waals surface area contributed by atoms with Crippen LogP contribution in [0.1, 0.15) is 17.7 Å². The van der Waals surface area contributed by atoms with Crippen molar-refractivity contribution in [3.63, 3.8) is 0 Å². The Morgan fingerprint density at radius 3 is 2.62 bits per heavy atom. The number of halogens is 1. The molecule has 1 saturated heterocycles. The van der Waals surface area contributed by atoms with Crippen molar-refractivity contribution in [1.82, 2.24) is 14.1 Å². The third kappa shape index (κ3) is 3.56. The van der Waals surface area contributed by atoms with Crippen LogP contribution in [-0.4, -0.2) is 49.3 Å². The van der Waals surface area contributed by atoms with Crippen molar-refractivity contribution >= 4 is 10.0 Å². The summed E-state index contributed by atoms with van der Waals surface area (Å²) in [6, 6.07) is 15.0. The van der Waals surface area contributed by atoms with Gasteiger partial charge in [-0.1, -0.05) is 18.2 Å². The van der Waals surface area contributed by atoms with Crippen LogP contribution >= 0.6 is 0 Å².